The average molecular weight is 347 g/mol. The van der Waals surface area contributed by atoms with E-state index in [9.17, 15) is 4.79 Å². The number of methoxy groups -OCH3 is 1. The van der Waals surface area contributed by atoms with Crippen molar-refractivity contribution < 1.29 is 14.4 Å². The predicted octanol–water partition coefficient (Wildman–Crippen LogP) is 4.09. The van der Waals surface area contributed by atoms with E-state index in [2.05, 4.69) is 15.5 Å². The van der Waals surface area contributed by atoms with E-state index < -0.39 is 6.09 Å². The second kappa shape index (κ2) is 8.43. The van der Waals surface area contributed by atoms with Crippen molar-refractivity contribution >= 4 is 17.5 Å². The van der Waals surface area contributed by atoms with E-state index in [-0.39, 0.29) is 0 Å². The van der Waals surface area contributed by atoms with Gasteiger partial charge in [-0.3, -0.25) is 15.1 Å². The fraction of sp³-hybridized carbons (Fsp3) is 0.0500. The molecule has 1 aromatic heterocycles. The largest absolute Gasteiger partial charge is 0.497 e. The van der Waals surface area contributed by atoms with Gasteiger partial charge in [-0.25, -0.2) is 4.79 Å². The van der Waals surface area contributed by atoms with Gasteiger partial charge in [-0.15, -0.1) is 0 Å². The number of nitrogens with zero attached hydrogens (tertiary/aromatic N) is 2. The van der Waals surface area contributed by atoms with Crippen molar-refractivity contribution in [2.45, 2.75) is 0 Å². The average Bonchev–Trinajstić information content (AvgIpc) is 2.70. The minimum absolute atomic E-state index is 0.540. The molecule has 0 saturated heterocycles. The molecule has 1 heterocycles. The molecule has 0 aliphatic rings. The summed E-state index contributed by atoms with van der Waals surface area (Å²) in [6.07, 6.45) is 2.63. The minimum Gasteiger partial charge on any atom is -0.497 e. The van der Waals surface area contributed by atoms with Crippen LogP contribution < -0.4 is 10.1 Å². The normalized spacial score (nSPS) is 10.9. The maximum Gasteiger partial charge on any atom is 0.437 e. The molecule has 1 N–H and O–H groups in total. The second-order valence-electron chi connectivity index (χ2n) is 5.27. The number of rotatable bonds is 5. The molecular formula is C20H17N3O3. The lowest BCUT2D eigenvalue weighted by Crippen LogP contribution is -2.13. The molecule has 0 aliphatic heterocycles. The Morgan fingerprint density at radius 3 is 2.23 bits per heavy atom. The van der Waals surface area contributed by atoms with Crippen LogP contribution in [0.1, 0.15) is 11.1 Å². The number of benzene rings is 2. The van der Waals surface area contributed by atoms with E-state index in [1.807, 2.05) is 30.3 Å². The molecule has 0 radical (unpaired) electrons. The van der Waals surface area contributed by atoms with Crippen molar-refractivity contribution in [1.82, 2.24) is 4.98 Å². The molecule has 0 aliphatic carbocycles. The number of carbonyl (C=O) groups is 1. The summed E-state index contributed by atoms with van der Waals surface area (Å²) in [4.78, 5) is 21.1. The maximum atomic E-state index is 12.0. The van der Waals surface area contributed by atoms with Gasteiger partial charge in [-0.1, -0.05) is 35.5 Å². The van der Waals surface area contributed by atoms with Crippen molar-refractivity contribution in [2.75, 3.05) is 12.4 Å². The van der Waals surface area contributed by atoms with Crippen LogP contribution in [0.4, 0.5) is 10.5 Å². The quantitative estimate of drug-likeness (QED) is 0.429. The van der Waals surface area contributed by atoms with E-state index in [1.165, 1.54) is 0 Å². The Labute approximate surface area is 151 Å². The van der Waals surface area contributed by atoms with Crippen molar-refractivity contribution in [1.29, 1.82) is 0 Å². The first-order valence-corrected chi connectivity index (χ1v) is 7.92. The molecule has 130 valence electrons. The van der Waals surface area contributed by atoms with E-state index in [4.69, 9.17) is 9.57 Å². The third-order valence-corrected chi connectivity index (χ3v) is 3.56. The van der Waals surface area contributed by atoms with Gasteiger partial charge in [0.25, 0.3) is 0 Å². The highest BCUT2D eigenvalue weighted by Gasteiger charge is 2.10. The zero-order valence-corrected chi connectivity index (χ0v) is 14.1. The standard InChI is InChI=1S/C20H17N3O3/c1-25-18-9-7-17(8-10-18)22-20(24)26-23-19(15-5-3-2-4-6-15)16-11-13-21-14-12-16/h2-14H,1H3,(H,22,24)/b23-19+. The highest BCUT2D eigenvalue weighted by Crippen LogP contribution is 2.15. The third-order valence-electron chi connectivity index (χ3n) is 3.56. The monoisotopic (exact) mass is 347 g/mol. The SMILES string of the molecule is COc1ccc(NC(=O)O/N=C(\c2ccccc2)c2ccncc2)cc1. The van der Waals surface area contributed by atoms with Crippen LogP contribution in [-0.2, 0) is 4.84 Å². The lowest BCUT2D eigenvalue weighted by molar-refractivity contribution is 0.166. The Bertz CT molecular complexity index is 838. The summed E-state index contributed by atoms with van der Waals surface area (Å²) in [7, 11) is 1.58. The van der Waals surface area contributed by atoms with Crippen LogP contribution in [0.3, 0.4) is 0 Å². The van der Waals surface area contributed by atoms with Gasteiger partial charge >= 0.3 is 6.09 Å². The maximum absolute atomic E-state index is 12.0. The van der Waals surface area contributed by atoms with Gasteiger partial charge in [0.1, 0.15) is 11.5 Å². The molecule has 0 unspecified atom stereocenters. The number of pyridine rings is 1. The van der Waals surface area contributed by atoms with Gasteiger partial charge in [0.2, 0.25) is 0 Å². The molecule has 0 spiro atoms. The number of ether oxygens (including phenoxy) is 1. The first-order valence-electron chi connectivity index (χ1n) is 7.92. The molecule has 1 amide bonds. The molecule has 6 heteroatoms. The van der Waals surface area contributed by atoms with Crippen LogP contribution in [0, 0.1) is 0 Å². The van der Waals surface area contributed by atoms with E-state index in [0.29, 0.717) is 17.1 Å². The molecule has 26 heavy (non-hydrogen) atoms. The highest BCUT2D eigenvalue weighted by atomic mass is 16.7. The summed E-state index contributed by atoms with van der Waals surface area (Å²) in [6.45, 7) is 0. The van der Waals surface area contributed by atoms with Crippen LogP contribution in [0.25, 0.3) is 0 Å². The Morgan fingerprint density at radius 2 is 1.58 bits per heavy atom. The summed E-state index contributed by atoms with van der Waals surface area (Å²) in [5, 5.41) is 6.66. The lowest BCUT2D eigenvalue weighted by Gasteiger charge is -2.07. The molecule has 0 saturated carbocycles. The fourth-order valence-corrected chi connectivity index (χ4v) is 2.28. The lowest BCUT2D eigenvalue weighted by atomic mass is 10.0. The number of nitrogens with one attached hydrogen (secondary N) is 1. The number of anilines is 1. The third kappa shape index (κ3) is 4.45. The summed E-state index contributed by atoms with van der Waals surface area (Å²) >= 11 is 0. The Kier molecular flexibility index (Phi) is 5.57. The molecular weight excluding hydrogens is 330 g/mol. The molecule has 6 nitrogen and oxygen atoms in total. The van der Waals surface area contributed by atoms with Crippen LogP contribution >= 0.6 is 0 Å². The van der Waals surface area contributed by atoms with Crippen LogP contribution in [0.5, 0.6) is 5.75 Å². The van der Waals surface area contributed by atoms with E-state index in [1.54, 1.807) is 55.9 Å². The van der Waals surface area contributed by atoms with Gasteiger partial charge in [-0.2, -0.15) is 0 Å². The number of hydrogen-bond donors (Lipinski definition) is 1. The second-order valence-corrected chi connectivity index (χ2v) is 5.27. The van der Waals surface area contributed by atoms with Crippen molar-refractivity contribution in [3.63, 3.8) is 0 Å². The highest BCUT2D eigenvalue weighted by molar-refractivity contribution is 6.12. The Hall–Kier alpha value is -3.67. The van der Waals surface area contributed by atoms with Crippen molar-refractivity contribution in [2.24, 2.45) is 5.16 Å². The number of aromatic nitrogens is 1. The van der Waals surface area contributed by atoms with E-state index >= 15 is 0 Å². The first-order chi connectivity index (χ1) is 12.8. The first kappa shape index (κ1) is 17.2. The minimum atomic E-state index is -0.683. The Morgan fingerprint density at radius 1 is 0.923 bits per heavy atom. The van der Waals surface area contributed by atoms with Crippen LogP contribution in [0.2, 0.25) is 0 Å². The predicted molar refractivity (Wildman–Crippen MR) is 99.4 cm³/mol. The molecule has 0 bridgehead atoms. The number of amides is 1. The van der Waals surface area contributed by atoms with Crippen molar-refractivity contribution in [3.05, 3.63) is 90.3 Å². The molecule has 3 rings (SSSR count). The Balaban J connectivity index is 1.76. The fourth-order valence-electron chi connectivity index (χ4n) is 2.28. The van der Waals surface area contributed by atoms with E-state index in [0.717, 1.165) is 11.1 Å². The van der Waals surface area contributed by atoms with Crippen LogP contribution in [0.15, 0.2) is 84.3 Å². The van der Waals surface area contributed by atoms with Gasteiger partial charge in [0.05, 0.1) is 7.11 Å². The summed E-state index contributed by atoms with van der Waals surface area (Å²) in [5.41, 5.74) is 2.74. The molecule has 0 atom stereocenters. The number of oxime groups is 1. The van der Waals surface area contributed by atoms with Crippen molar-refractivity contribution in [3.8, 4) is 5.75 Å². The zero-order valence-electron chi connectivity index (χ0n) is 14.1. The molecule has 0 fully saturated rings. The van der Waals surface area contributed by atoms with Crippen LogP contribution in [-0.4, -0.2) is 23.9 Å². The number of carbonyl (C=O) groups excluding carboxylic acids is 1. The van der Waals surface area contributed by atoms with Gasteiger partial charge < -0.3 is 4.74 Å². The zero-order chi connectivity index (χ0) is 18.2. The topological polar surface area (TPSA) is 72.8 Å². The summed E-state index contributed by atoms with van der Waals surface area (Å²) in [5.74, 6) is 0.700. The molecule has 2 aromatic carbocycles. The smallest absolute Gasteiger partial charge is 0.437 e. The number of hydrogen-bond acceptors (Lipinski definition) is 5. The van der Waals surface area contributed by atoms with Gasteiger partial charge in [-0.05, 0) is 36.4 Å². The summed E-state index contributed by atoms with van der Waals surface area (Å²) < 4.78 is 5.08. The molecule has 3 aromatic rings. The van der Waals surface area contributed by atoms with Gasteiger partial charge in [0, 0.05) is 29.2 Å². The van der Waals surface area contributed by atoms with Gasteiger partial charge in [0.15, 0.2) is 0 Å². The summed E-state index contributed by atoms with van der Waals surface area (Å²) in [6, 6.07) is 20.0.